The number of nitriles is 1. The number of piperidine rings is 1. The molecule has 20 heavy (non-hydrogen) atoms. The molecule has 1 heterocycles. The lowest BCUT2D eigenvalue weighted by Gasteiger charge is -2.29. The number of Topliss-reactive ketones (excluding diaryl/α,β-unsaturated/α-hetero) is 1. The molecule has 1 saturated heterocycles. The molecule has 0 radical (unpaired) electrons. The van der Waals surface area contributed by atoms with Gasteiger partial charge >= 0.3 is 0 Å². The average Bonchev–Trinajstić information content (AvgIpc) is 2.43. The van der Waals surface area contributed by atoms with Crippen molar-refractivity contribution < 1.29 is 13.2 Å². The zero-order chi connectivity index (χ0) is 14.8. The first-order valence-corrected chi connectivity index (χ1v) is 7.88. The Morgan fingerprint density at radius 3 is 2.55 bits per heavy atom. The SMILES string of the molecule is CC1CN(S(=O)(=O)c2ccc(CC#N)cc2)CCC1=O. The fourth-order valence-electron chi connectivity index (χ4n) is 2.22. The monoisotopic (exact) mass is 292 g/mol. The van der Waals surface area contributed by atoms with E-state index in [1.165, 1.54) is 16.4 Å². The number of carbonyl (C=O) groups is 1. The molecule has 0 bridgehead atoms. The molecule has 0 aliphatic carbocycles. The summed E-state index contributed by atoms with van der Waals surface area (Å²) < 4.78 is 26.3. The zero-order valence-corrected chi connectivity index (χ0v) is 12.1. The van der Waals surface area contributed by atoms with E-state index < -0.39 is 10.0 Å². The number of hydrogen-bond donors (Lipinski definition) is 0. The second kappa shape index (κ2) is 5.73. The second-order valence-electron chi connectivity index (χ2n) is 4.96. The third-order valence-electron chi connectivity index (χ3n) is 3.48. The average molecular weight is 292 g/mol. The first-order valence-electron chi connectivity index (χ1n) is 6.44. The molecule has 1 aliphatic rings. The lowest BCUT2D eigenvalue weighted by molar-refractivity contribution is -0.124. The Kier molecular flexibility index (Phi) is 4.21. The summed E-state index contributed by atoms with van der Waals surface area (Å²) in [6.45, 7) is 2.23. The van der Waals surface area contributed by atoms with Crippen LogP contribution in [0.5, 0.6) is 0 Å². The van der Waals surface area contributed by atoms with Gasteiger partial charge in [-0.05, 0) is 17.7 Å². The molecule has 1 atom stereocenters. The summed E-state index contributed by atoms with van der Waals surface area (Å²) in [5.74, 6) is -0.141. The zero-order valence-electron chi connectivity index (χ0n) is 11.2. The minimum absolute atomic E-state index is 0.112. The van der Waals surface area contributed by atoms with Gasteiger partial charge in [-0.3, -0.25) is 4.79 Å². The molecule has 0 aromatic heterocycles. The van der Waals surface area contributed by atoms with Gasteiger partial charge in [-0.15, -0.1) is 0 Å². The molecule has 106 valence electrons. The standard InChI is InChI=1S/C14H16N2O3S/c1-11-10-16(9-7-14(11)17)20(18,19)13-4-2-12(3-5-13)6-8-15/h2-5,11H,6-7,9-10H2,1H3. The van der Waals surface area contributed by atoms with Gasteiger partial charge in [-0.2, -0.15) is 9.57 Å². The van der Waals surface area contributed by atoms with Crippen LogP contribution < -0.4 is 0 Å². The van der Waals surface area contributed by atoms with Crippen LogP contribution in [0.2, 0.25) is 0 Å². The van der Waals surface area contributed by atoms with Crippen LogP contribution >= 0.6 is 0 Å². The van der Waals surface area contributed by atoms with Gasteiger partial charge in [0.25, 0.3) is 0 Å². The molecule has 1 fully saturated rings. The highest BCUT2D eigenvalue weighted by molar-refractivity contribution is 7.89. The van der Waals surface area contributed by atoms with Crippen LogP contribution in [0, 0.1) is 17.2 Å². The molecule has 5 nitrogen and oxygen atoms in total. The Morgan fingerprint density at radius 2 is 2.00 bits per heavy atom. The summed E-state index contributed by atoms with van der Waals surface area (Å²) >= 11 is 0. The topological polar surface area (TPSA) is 78.2 Å². The molecule has 0 saturated carbocycles. The molecule has 0 N–H and O–H groups in total. The summed E-state index contributed by atoms with van der Waals surface area (Å²) in [6.07, 6.45) is 0.530. The molecule has 0 spiro atoms. The normalized spacial score (nSPS) is 20.6. The van der Waals surface area contributed by atoms with Gasteiger partial charge in [0, 0.05) is 25.4 Å². The van der Waals surface area contributed by atoms with Gasteiger partial charge in [0.15, 0.2) is 0 Å². The Labute approximate surface area is 118 Å². The number of sulfonamides is 1. The van der Waals surface area contributed by atoms with Crippen molar-refractivity contribution in [2.75, 3.05) is 13.1 Å². The van der Waals surface area contributed by atoms with E-state index in [1.807, 2.05) is 6.07 Å². The summed E-state index contributed by atoms with van der Waals surface area (Å²) in [4.78, 5) is 11.7. The highest BCUT2D eigenvalue weighted by atomic mass is 32.2. The third kappa shape index (κ3) is 2.89. The van der Waals surface area contributed by atoms with Crippen LogP contribution in [0.3, 0.4) is 0 Å². The maximum atomic E-state index is 12.5. The van der Waals surface area contributed by atoms with Crippen molar-refractivity contribution in [2.45, 2.75) is 24.7 Å². The van der Waals surface area contributed by atoms with Crippen LogP contribution in [0.25, 0.3) is 0 Å². The van der Waals surface area contributed by atoms with Gasteiger partial charge in [-0.1, -0.05) is 19.1 Å². The lowest BCUT2D eigenvalue weighted by atomic mass is 10.0. The Balaban J connectivity index is 2.22. The summed E-state index contributed by atoms with van der Waals surface area (Å²) in [5, 5.41) is 8.60. The molecular weight excluding hydrogens is 276 g/mol. The maximum Gasteiger partial charge on any atom is 0.243 e. The predicted octanol–water partition coefficient (Wildman–Crippen LogP) is 1.35. The Morgan fingerprint density at radius 1 is 1.35 bits per heavy atom. The molecule has 1 aromatic carbocycles. The summed E-state index contributed by atoms with van der Waals surface area (Å²) in [6, 6.07) is 8.35. The summed E-state index contributed by atoms with van der Waals surface area (Å²) in [5.41, 5.74) is 0.786. The van der Waals surface area contributed by atoms with E-state index in [-0.39, 0.29) is 42.5 Å². The molecule has 1 aromatic rings. The Hall–Kier alpha value is -1.71. The van der Waals surface area contributed by atoms with E-state index in [0.717, 1.165) is 5.56 Å². The molecule has 0 amide bonds. The number of hydrogen-bond acceptors (Lipinski definition) is 4. The van der Waals surface area contributed by atoms with Crippen molar-refractivity contribution in [3.05, 3.63) is 29.8 Å². The molecule has 1 aliphatic heterocycles. The Bertz CT molecular complexity index is 644. The first kappa shape index (κ1) is 14.7. The van der Waals surface area contributed by atoms with Crippen LogP contribution in [-0.2, 0) is 21.2 Å². The van der Waals surface area contributed by atoms with Gasteiger partial charge in [0.2, 0.25) is 10.0 Å². The van der Waals surface area contributed by atoms with Gasteiger partial charge in [0.05, 0.1) is 17.4 Å². The smallest absolute Gasteiger partial charge is 0.243 e. The second-order valence-corrected chi connectivity index (χ2v) is 6.90. The summed E-state index contributed by atoms with van der Waals surface area (Å²) in [7, 11) is -3.55. The van der Waals surface area contributed by atoms with Crippen molar-refractivity contribution in [1.82, 2.24) is 4.31 Å². The van der Waals surface area contributed by atoms with Crippen molar-refractivity contribution in [3.63, 3.8) is 0 Å². The quantitative estimate of drug-likeness (QED) is 0.842. The predicted molar refractivity (Wildman–Crippen MR) is 73.3 cm³/mol. The maximum absolute atomic E-state index is 12.5. The van der Waals surface area contributed by atoms with Crippen molar-refractivity contribution in [1.29, 1.82) is 5.26 Å². The van der Waals surface area contributed by atoms with E-state index in [4.69, 9.17) is 5.26 Å². The fourth-order valence-corrected chi connectivity index (χ4v) is 3.75. The largest absolute Gasteiger partial charge is 0.299 e. The third-order valence-corrected chi connectivity index (χ3v) is 5.36. The van der Waals surface area contributed by atoms with Gasteiger partial charge in [0.1, 0.15) is 5.78 Å². The number of rotatable bonds is 3. The molecule has 2 rings (SSSR count). The van der Waals surface area contributed by atoms with E-state index in [0.29, 0.717) is 0 Å². The van der Waals surface area contributed by atoms with Crippen molar-refractivity contribution in [2.24, 2.45) is 5.92 Å². The number of carbonyl (C=O) groups excluding carboxylic acids is 1. The lowest BCUT2D eigenvalue weighted by Crippen LogP contribution is -2.43. The molecular formula is C14H16N2O3S. The van der Waals surface area contributed by atoms with E-state index in [1.54, 1.807) is 19.1 Å². The van der Waals surface area contributed by atoms with E-state index in [9.17, 15) is 13.2 Å². The molecule has 6 heteroatoms. The van der Waals surface area contributed by atoms with Crippen LogP contribution in [0.15, 0.2) is 29.2 Å². The van der Waals surface area contributed by atoms with Crippen LogP contribution in [0.4, 0.5) is 0 Å². The van der Waals surface area contributed by atoms with Gasteiger partial charge < -0.3 is 0 Å². The van der Waals surface area contributed by atoms with Crippen molar-refractivity contribution in [3.8, 4) is 6.07 Å². The van der Waals surface area contributed by atoms with Gasteiger partial charge in [-0.25, -0.2) is 8.42 Å². The highest BCUT2D eigenvalue weighted by Gasteiger charge is 2.32. The fraction of sp³-hybridized carbons (Fsp3) is 0.429. The molecule has 1 unspecified atom stereocenters. The minimum atomic E-state index is -3.55. The van der Waals surface area contributed by atoms with E-state index in [2.05, 4.69) is 0 Å². The van der Waals surface area contributed by atoms with Crippen LogP contribution in [-0.4, -0.2) is 31.6 Å². The number of benzene rings is 1. The minimum Gasteiger partial charge on any atom is -0.299 e. The van der Waals surface area contributed by atoms with E-state index >= 15 is 0 Å². The first-order chi connectivity index (χ1) is 9.45. The van der Waals surface area contributed by atoms with Crippen LogP contribution in [0.1, 0.15) is 18.9 Å². The number of nitrogens with zero attached hydrogens (tertiary/aromatic N) is 2. The van der Waals surface area contributed by atoms with Crippen molar-refractivity contribution >= 4 is 15.8 Å². The highest BCUT2D eigenvalue weighted by Crippen LogP contribution is 2.22. The number of ketones is 1.